The molecular weight excluding hydrogens is 371 g/mol. The largest absolute Gasteiger partial charge is 0.324 e. The Bertz CT molecular complexity index is 976. The molecule has 0 aliphatic rings. The highest BCUT2D eigenvalue weighted by atomic mass is 35.5. The van der Waals surface area contributed by atoms with Crippen molar-refractivity contribution >= 4 is 46.4 Å². The molecule has 3 aromatic rings. The van der Waals surface area contributed by atoms with E-state index in [0.29, 0.717) is 27.4 Å². The van der Waals surface area contributed by atoms with Crippen molar-refractivity contribution in [3.63, 3.8) is 0 Å². The number of anilines is 3. The van der Waals surface area contributed by atoms with Crippen LogP contribution in [0.3, 0.4) is 0 Å². The van der Waals surface area contributed by atoms with E-state index in [9.17, 15) is 4.79 Å². The number of hydrogen-bond donors (Lipinski definition) is 2. The molecule has 26 heavy (non-hydrogen) atoms. The number of benzene rings is 2. The lowest BCUT2D eigenvalue weighted by Crippen LogP contribution is -2.16. The Balaban J connectivity index is 1.84. The van der Waals surface area contributed by atoms with E-state index in [0.717, 1.165) is 11.3 Å². The van der Waals surface area contributed by atoms with Gasteiger partial charge < -0.3 is 10.6 Å². The average molecular weight is 387 g/mol. The van der Waals surface area contributed by atoms with E-state index in [1.165, 1.54) is 0 Å². The van der Waals surface area contributed by atoms with Crippen LogP contribution in [-0.4, -0.2) is 15.9 Å². The first-order valence-electron chi connectivity index (χ1n) is 7.87. The Morgan fingerprint density at radius 1 is 1.00 bits per heavy atom. The molecule has 7 heteroatoms. The first-order chi connectivity index (χ1) is 12.4. The van der Waals surface area contributed by atoms with Crippen LogP contribution in [0, 0.1) is 13.8 Å². The number of rotatable bonds is 4. The van der Waals surface area contributed by atoms with Gasteiger partial charge in [0.05, 0.1) is 0 Å². The summed E-state index contributed by atoms with van der Waals surface area (Å²) in [4.78, 5) is 21.2. The lowest BCUT2D eigenvalue weighted by Gasteiger charge is -2.11. The first kappa shape index (κ1) is 18.2. The molecule has 0 radical (unpaired) electrons. The second-order valence-corrected chi connectivity index (χ2v) is 6.56. The summed E-state index contributed by atoms with van der Waals surface area (Å²) in [6, 6.07) is 14.1. The maximum absolute atomic E-state index is 12.6. The summed E-state index contributed by atoms with van der Waals surface area (Å²) in [7, 11) is 0. The second-order valence-electron chi connectivity index (χ2n) is 5.72. The quantitative estimate of drug-likeness (QED) is 0.629. The molecule has 132 valence electrons. The number of nitrogens with one attached hydrogen (secondary N) is 2. The van der Waals surface area contributed by atoms with Gasteiger partial charge in [-0.15, -0.1) is 0 Å². The van der Waals surface area contributed by atoms with Crippen molar-refractivity contribution in [2.45, 2.75) is 13.8 Å². The maximum Gasteiger partial charge on any atom is 0.274 e. The lowest BCUT2D eigenvalue weighted by molar-refractivity contribution is 0.102. The van der Waals surface area contributed by atoms with Gasteiger partial charge in [-0.05, 0) is 55.8 Å². The molecule has 1 amide bonds. The third kappa shape index (κ3) is 4.31. The topological polar surface area (TPSA) is 66.9 Å². The molecule has 0 bridgehead atoms. The Kier molecular flexibility index (Phi) is 5.40. The summed E-state index contributed by atoms with van der Waals surface area (Å²) in [5.41, 5.74) is 3.09. The number of carbonyl (C=O) groups is 1. The third-order valence-corrected chi connectivity index (χ3v) is 4.33. The van der Waals surface area contributed by atoms with Crippen molar-refractivity contribution in [1.29, 1.82) is 0 Å². The van der Waals surface area contributed by atoms with E-state index in [2.05, 4.69) is 20.6 Å². The van der Waals surface area contributed by atoms with Crippen molar-refractivity contribution in [2.24, 2.45) is 0 Å². The van der Waals surface area contributed by atoms with Crippen LogP contribution >= 0.6 is 23.2 Å². The normalized spacial score (nSPS) is 10.5. The van der Waals surface area contributed by atoms with Crippen LogP contribution in [-0.2, 0) is 0 Å². The molecule has 0 spiro atoms. The molecule has 0 saturated carbocycles. The molecule has 1 heterocycles. The number of hydrogen-bond acceptors (Lipinski definition) is 4. The lowest BCUT2D eigenvalue weighted by atomic mass is 10.2. The first-order valence-corrected chi connectivity index (χ1v) is 8.63. The number of aryl methyl sites for hydroxylation is 1. The van der Waals surface area contributed by atoms with E-state index in [4.69, 9.17) is 23.2 Å². The third-order valence-electron chi connectivity index (χ3n) is 3.68. The van der Waals surface area contributed by atoms with Gasteiger partial charge in [0.25, 0.3) is 5.91 Å². The standard InChI is InChI=1S/C19H16Cl2N4O/c1-11-9-17(18(26)24-16-8-4-7-15(21)12(16)2)25-19(22-11)23-14-6-3-5-13(20)10-14/h3-10H,1-2H3,(H,24,26)(H,22,23,25). The highest BCUT2D eigenvalue weighted by molar-refractivity contribution is 6.32. The molecular formula is C19H16Cl2N4O. The highest BCUT2D eigenvalue weighted by Crippen LogP contribution is 2.24. The number of amides is 1. The average Bonchev–Trinajstić information content (AvgIpc) is 2.58. The van der Waals surface area contributed by atoms with Crippen molar-refractivity contribution in [3.8, 4) is 0 Å². The SMILES string of the molecule is Cc1cc(C(=O)Nc2cccc(Cl)c2C)nc(Nc2cccc(Cl)c2)n1. The van der Waals surface area contributed by atoms with Gasteiger partial charge in [0.15, 0.2) is 0 Å². The van der Waals surface area contributed by atoms with E-state index < -0.39 is 0 Å². The van der Waals surface area contributed by atoms with Crippen LogP contribution < -0.4 is 10.6 Å². The minimum Gasteiger partial charge on any atom is -0.324 e. The number of aromatic nitrogens is 2. The molecule has 5 nitrogen and oxygen atoms in total. The van der Waals surface area contributed by atoms with Crippen LogP contribution in [0.4, 0.5) is 17.3 Å². The van der Waals surface area contributed by atoms with Crippen molar-refractivity contribution in [3.05, 3.63) is 75.5 Å². The van der Waals surface area contributed by atoms with Gasteiger partial charge in [-0.2, -0.15) is 0 Å². The number of halogens is 2. The molecule has 0 aliphatic heterocycles. The van der Waals surface area contributed by atoms with E-state index >= 15 is 0 Å². The van der Waals surface area contributed by atoms with Crippen LogP contribution in [0.2, 0.25) is 10.0 Å². The number of nitrogens with zero attached hydrogens (tertiary/aromatic N) is 2. The van der Waals surface area contributed by atoms with Crippen molar-refractivity contribution in [2.75, 3.05) is 10.6 Å². The molecule has 2 aromatic carbocycles. The van der Waals surface area contributed by atoms with E-state index in [1.54, 1.807) is 43.3 Å². The van der Waals surface area contributed by atoms with Crippen molar-refractivity contribution < 1.29 is 4.79 Å². The van der Waals surface area contributed by atoms with Crippen LogP contribution in [0.15, 0.2) is 48.5 Å². The maximum atomic E-state index is 12.6. The van der Waals surface area contributed by atoms with Gasteiger partial charge in [-0.3, -0.25) is 4.79 Å². The zero-order valence-electron chi connectivity index (χ0n) is 14.2. The summed E-state index contributed by atoms with van der Waals surface area (Å²) >= 11 is 12.1. The van der Waals surface area contributed by atoms with E-state index in [-0.39, 0.29) is 11.6 Å². The molecule has 1 aromatic heterocycles. The summed E-state index contributed by atoms with van der Waals surface area (Å²) in [6.07, 6.45) is 0. The molecule has 0 atom stereocenters. The minimum atomic E-state index is -0.338. The molecule has 2 N–H and O–H groups in total. The monoisotopic (exact) mass is 386 g/mol. The fourth-order valence-corrected chi connectivity index (χ4v) is 2.73. The van der Waals surface area contributed by atoms with Gasteiger partial charge in [0.1, 0.15) is 5.69 Å². The van der Waals surface area contributed by atoms with Gasteiger partial charge >= 0.3 is 0 Å². The van der Waals surface area contributed by atoms with Crippen LogP contribution in [0.25, 0.3) is 0 Å². The van der Waals surface area contributed by atoms with Gasteiger partial charge in [0.2, 0.25) is 5.95 Å². The molecule has 0 saturated heterocycles. The zero-order chi connectivity index (χ0) is 18.7. The summed E-state index contributed by atoms with van der Waals surface area (Å²) in [5, 5.41) is 7.07. The van der Waals surface area contributed by atoms with Crippen LogP contribution in [0.5, 0.6) is 0 Å². The smallest absolute Gasteiger partial charge is 0.274 e. The zero-order valence-corrected chi connectivity index (χ0v) is 15.7. The fourth-order valence-electron chi connectivity index (χ4n) is 2.37. The summed E-state index contributed by atoms with van der Waals surface area (Å²) < 4.78 is 0. The van der Waals surface area contributed by atoms with Gasteiger partial charge in [-0.25, -0.2) is 9.97 Å². The molecule has 0 fully saturated rings. The molecule has 0 aliphatic carbocycles. The molecule has 0 unspecified atom stereocenters. The Morgan fingerprint density at radius 2 is 1.77 bits per heavy atom. The Morgan fingerprint density at radius 3 is 2.54 bits per heavy atom. The summed E-state index contributed by atoms with van der Waals surface area (Å²) in [6.45, 7) is 3.64. The predicted molar refractivity (Wildman–Crippen MR) is 106 cm³/mol. The van der Waals surface area contributed by atoms with Gasteiger partial charge in [-0.1, -0.05) is 35.3 Å². The van der Waals surface area contributed by atoms with Crippen LogP contribution in [0.1, 0.15) is 21.7 Å². The Labute approximate surface area is 161 Å². The molecule has 3 rings (SSSR count). The summed E-state index contributed by atoms with van der Waals surface area (Å²) in [5.74, 6) is -0.0183. The predicted octanol–water partition coefficient (Wildman–Crippen LogP) is 5.40. The minimum absolute atomic E-state index is 0.251. The Hall–Kier alpha value is -2.63. The van der Waals surface area contributed by atoms with Gasteiger partial charge in [0, 0.05) is 27.1 Å². The van der Waals surface area contributed by atoms with E-state index in [1.807, 2.05) is 19.1 Å². The highest BCUT2D eigenvalue weighted by Gasteiger charge is 2.13. The van der Waals surface area contributed by atoms with Crippen molar-refractivity contribution in [1.82, 2.24) is 9.97 Å². The number of carbonyl (C=O) groups excluding carboxylic acids is 1. The fraction of sp³-hybridized carbons (Fsp3) is 0.105. The second kappa shape index (κ2) is 7.72.